The Bertz CT molecular complexity index is 1160. The summed E-state index contributed by atoms with van der Waals surface area (Å²) in [6.45, 7) is 1.36. The van der Waals surface area contributed by atoms with E-state index in [1.807, 2.05) is 30.3 Å². The number of para-hydroxylation sites is 1. The van der Waals surface area contributed by atoms with Gasteiger partial charge in [-0.1, -0.05) is 18.2 Å². The van der Waals surface area contributed by atoms with Crippen molar-refractivity contribution >= 4 is 11.7 Å². The van der Waals surface area contributed by atoms with Crippen molar-refractivity contribution in [3.63, 3.8) is 0 Å². The molecule has 3 heterocycles. The average molecular weight is 421 g/mol. The number of urea groups is 1. The number of piperidine rings is 1. The lowest BCUT2D eigenvalue weighted by molar-refractivity contribution is 0.174. The molecule has 2 aliphatic rings. The average Bonchev–Trinajstić information content (AvgIpc) is 3.38. The third-order valence-electron chi connectivity index (χ3n) is 5.74. The Balaban J connectivity index is 1.27. The quantitative estimate of drug-likeness (QED) is 0.702. The maximum absolute atomic E-state index is 12.7. The monoisotopic (exact) mass is 421 g/mol. The lowest BCUT2D eigenvalue weighted by atomic mass is 9.96. The topological polar surface area (TPSA) is 90.6 Å². The van der Waals surface area contributed by atoms with E-state index in [4.69, 9.17) is 9.47 Å². The first-order chi connectivity index (χ1) is 15.1. The van der Waals surface area contributed by atoms with Gasteiger partial charge in [-0.15, -0.1) is 0 Å². The Labute approximate surface area is 178 Å². The molecule has 0 atom stereocenters. The summed E-state index contributed by atoms with van der Waals surface area (Å²) in [7, 11) is 1.67. The lowest BCUT2D eigenvalue weighted by Gasteiger charge is -2.31. The predicted molar refractivity (Wildman–Crippen MR) is 114 cm³/mol. The standard InChI is InChI=1S/C22H23N5O4/c1-25-22(29)27(17-5-3-2-4-6-17)20(24-25)15-9-11-26(12-10-15)21(28)23-16-7-8-18-19(13-16)31-14-30-18/h2-8,13,15H,9-12,14H2,1H3,(H,23,28). The summed E-state index contributed by atoms with van der Waals surface area (Å²) < 4.78 is 13.7. The number of hydrogen-bond donors (Lipinski definition) is 1. The minimum absolute atomic E-state index is 0.101. The highest BCUT2D eigenvalue weighted by Crippen LogP contribution is 2.34. The first-order valence-corrected chi connectivity index (χ1v) is 10.3. The van der Waals surface area contributed by atoms with Gasteiger partial charge in [0.05, 0.1) is 5.69 Å². The fourth-order valence-corrected chi connectivity index (χ4v) is 4.09. The summed E-state index contributed by atoms with van der Waals surface area (Å²) in [6, 6.07) is 14.7. The fraction of sp³-hybridized carbons (Fsp3) is 0.318. The van der Waals surface area contributed by atoms with E-state index in [1.165, 1.54) is 4.68 Å². The van der Waals surface area contributed by atoms with Crippen LogP contribution in [0.15, 0.2) is 53.3 Å². The fourth-order valence-electron chi connectivity index (χ4n) is 4.09. The Hall–Kier alpha value is -3.75. The highest BCUT2D eigenvalue weighted by atomic mass is 16.7. The summed E-state index contributed by atoms with van der Waals surface area (Å²) in [5.74, 6) is 2.16. The molecular formula is C22H23N5O4. The minimum atomic E-state index is -0.163. The molecule has 2 amide bonds. The first-order valence-electron chi connectivity index (χ1n) is 10.3. The lowest BCUT2D eigenvalue weighted by Crippen LogP contribution is -2.41. The first kappa shape index (κ1) is 19.2. The summed E-state index contributed by atoms with van der Waals surface area (Å²) in [5.41, 5.74) is 1.31. The summed E-state index contributed by atoms with van der Waals surface area (Å²) in [4.78, 5) is 27.2. The van der Waals surface area contributed by atoms with Crippen molar-refractivity contribution in [2.24, 2.45) is 7.05 Å². The van der Waals surface area contributed by atoms with Gasteiger partial charge in [-0.25, -0.2) is 18.8 Å². The largest absolute Gasteiger partial charge is 0.454 e. The molecule has 5 rings (SSSR count). The van der Waals surface area contributed by atoms with Crippen LogP contribution >= 0.6 is 0 Å². The predicted octanol–water partition coefficient (Wildman–Crippen LogP) is 2.71. The van der Waals surface area contributed by atoms with Crippen molar-refractivity contribution in [2.45, 2.75) is 18.8 Å². The van der Waals surface area contributed by atoms with Gasteiger partial charge >= 0.3 is 11.7 Å². The molecule has 0 spiro atoms. The molecule has 0 radical (unpaired) electrons. The van der Waals surface area contributed by atoms with Crippen LogP contribution in [0.5, 0.6) is 11.5 Å². The summed E-state index contributed by atoms with van der Waals surface area (Å²) in [6.07, 6.45) is 1.47. The maximum Gasteiger partial charge on any atom is 0.350 e. The van der Waals surface area contributed by atoms with Crippen LogP contribution < -0.4 is 20.5 Å². The van der Waals surface area contributed by atoms with E-state index in [9.17, 15) is 9.59 Å². The van der Waals surface area contributed by atoms with Crippen molar-refractivity contribution in [1.82, 2.24) is 19.2 Å². The molecule has 9 heteroatoms. The number of rotatable bonds is 3. The highest BCUT2D eigenvalue weighted by Gasteiger charge is 2.29. The SMILES string of the molecule is Cn1nc(C2CCN(C(=O)Nc3ccc4c(c3)OCO4)CC2)n(-c2ccccc2)c1=O. The summed E-state index contributed by atoms with van der Waals surface area (Å²) in [5, 5.41) is 7.43. The zero-order valence-corrected chi connectivity index (χ0v) is 17.2. The van der Waals surface area contributed by atoms with Crippen LogP contribution in [0.25, 0.3) is 5.69 Å². The zero-order valence-electron chi connectivity index (χ0n) is 17.2. The van der Waals surface area contributed by atoms with Crippen LogP contribution in [0.3, 0.4) is 0 Å². The maximum atomic E-state index is 12.7. The van der Waals surface area contributed by atoms with Crippen molar-refractivity contribution in [3.05, 3.63) is 64.8 Å². The van der Waals surface area contributed by atoms with Crippen LogP contribution in [-0.4, -0.2) is 45.2 Å². The zero-order chi connectivity index (χ0) is 21.4. The molecule has 3 aromatic rings. The number of nitrogens with zero attached hydrogens (tertiary/aromatic N) is 4. The smallest absolute Gasteiger partial charge is 0.350 e. The van der Waals surface area contributed by atoms with Gasteiger partial charge in [0.2, 0.25) is 6.79 Å². The van der Waals surface area contributed by atoms with Crippen LogP contribution in [0.2, 0.25) is 0 Å². The molecule has 2 aromatic carbocycles. The number of carbonyl (C=O) groups is 1. The van der Waals surface area contributed by atoms with E-state index in [1.54, 1.807) is 34.7 Å². The van der Waals surface area contributed by atoms with Crippen LogP contribution in [-0.2, 0) is 7.05 Å². The molecule has 2 aliphatic heterocycles. The number of amides is 2. The Kier molecular flexibility index (Phi) is 4.85. The van der Waals surface area contributed by atoms with Crippen LogP contribution in [0.4, 0.5) is 10.5 Å². The van der Waals surface area contributed by atoms with E-state index in [2.05, 4.69) is 10.4 Å². The van der Waals surface area contributed by atoms with Gasteiger partial charge in [-0.3, -0.25) is 0 Å². The van der Waals surface area contributed by atoms with E-state index < -0.39 is 0 Å². The number of anilines is 1. The molecule has 31 heavy (non-hydrogen) atoms. The molecule has 0 bridgehead atoms. The molecule has 0 aliphatic carbocycles. The number of fused-ring (bicyclic) bond motifs is 1. The van der Waals surface area contributed by atoms with Crippen LogP contribution in [0, 0.1) is 0 Å². The number of aryl methyl sites for hydroxylation is 1. The molecular weight excluding hydrogens is 398 g/mol. The normalized spacial score (nSPS) is 15.8. The van der Waals surface area contributed by atoms with Gasteiger partial charge in [0, 0.05) is 37.8 Å². The molecule has 0 saturated carbocycles. The Morgan fingerprint density at radius 1 is 1.06 bits per heavy atom. The molecule has 0 unspecified atom stereocenters. The van der Waals surface area contributed by atoms with Crippen molar-refractivity contribution in [1.29, 1.82) is 0 Å². The number of likely N-dealkylation sites (tertiary alicyclic amines) is 1. The van der Waals surface area contributed by atoms with Gasteiger partial charge < -0.3 is 19.7 Å². The van der Waals surface area contributed by atoms with Gasteiger partial charge in [-0.2, -0.15) is 5.10 Å². The van der Waals surface area contributed by atoms with Crippen molar-refractivity contribution in [3.8, 4) is 17.2 Å². The third kappa shape index (κ3) is 3.63. The molecule has 1 saturated heterocycles. The number of nitrogens with one attached hydrogen (secondary N) is 1. The third-order valence-corrected chi connectivity index (χ3v) is 5.74. The van der Waals surface area contributed by atoms with Gasteiger partial charge in [0.15, 0.2) is 11.5 Å². The van der Waals surface area contributed by atoms with E-state index in [-0.39, 0.29) is 24.4 Å². The number of benzene rings is 2. The van der Waals surface area contributed by atoms with Gasteiger partial charge in [0.1, 0.15) is 5.82 Å². The number of aromatic nitrogens is 3. The van der Waals surface area contributed by atoms with Crippen LogP contribution in [0.1, 0.15) is 24.6 Å². The number of hydrogen-bond acceptors (Lipinski definition) is 5. The van der Waals surface area contributed by atoms with Crippen molar-refractivity contribution in [2.75, 3.05) is 25.2 Å². The molecule has 1 aromatic heterocycles. The second-order valence-electron chi connectivity index (χ2n) is 7.69. The second kappa shape index (κ2) is 7.82. The molecule has 1 fully saturated rings. The van der Waals surface area contributed by atoms with Crippen molar-refractivity contribution < 1.29 is 14.3 Å². The second-order valence-corrected chi connectivity index (χ2v) is 7.69. The number of carbonyl (C=O) groups excluding carboxylic acids is 1. The molecule has 160 valence electrons. The van der Waals surface area contributed by atoms with Gasteiger partial charge in [-0.05, 0) is 37.1 Å². The minimum Gasteiger partial charge on any atom is -0.454 e. The van der Waals surface area contributed by atoms with E-state index in [0.717, 1.165) is 24.4 Å². The molecule has 9 nitrogen and oxygen atoms in total. The Morgan fingerprint density at radius 2 is 1.81 bits per heavy atom. The summed E-state index contributed by atoms with van der Waals surface area (Å²) >= 11 is 0. The molecule has 1 N–H and O–H groups in total. The number of ether oxygens (including phenoxy) is 2. The van der Waals surface area contributed by atoms with E-state index in [0.29, 0.717) is 30.3 Å². The van der Waals surface area contributed by atoms with E-state index >= 15 is 0 Å². The Morgan fingerprint density at radius 3 is 2.58 bits per heavy atom. The van der Waals surface area contributed by atoms with Gasteiger partial charge in [0.25, 0.3) is 0 Å². The highest BCUT2D eigenvalue weighted by molar-refractivity contribution is 5.89.